The number of carbonyl (C=O) groups is 1. The summed E-state index contributed by atoms with van der Waals surface area (Å²) in [6, 6.07) is 11.3. The fourth-order valence-corrected chi connectivity index (χ4v) is 3.08. The highest BCUT2D eigenvalue weighted by atomic mass is 16.3. The van der Waals surface area contributed by atoms with Gasteiger partial charge in [0.05, 0.1) is 17.2 Å². The topological polar surface area (TPSA) is 53.4 Å². The average Bonchev–Trinajstić information content (AvgIpc) is 2.95. The molecule has 1 aromatic heterocycles. The van der Waals surface area contributed by atoms with Crippen molar-refractivity contribution >= 4 is 16.8 Å². The number of rotatable bonds is 2. The number of carbonyl (C=O) groups excluding carboxylic acids is 1. The first-order chi connectivity index (χ1) is 9.97. The Kier molecular flexibility index (Phi) is 3.41. The molecule has 110 valence electrons. The Morgan fingerprint density at radius 2 is 2.05 bits per heavy atom. The van der Waals surface area contributed by atoms with E-state index in [0.717, 1.165) is 23.7 Å². The number of amides is 1. The number of likely N-dealkylation sites (tertiary alicyclic amines) is 1. The molecule has 1 atom stereocenters. The molecule has 0 aliphatic carbocycles. The van der Waals surface area contributed by atoms with Crippen LogP contribution in [0.2, 0.25) is 0 Å². The average molecular weight is 284 g/mol. The summed E-state index contributed by atoms with van der Waals surface area (Å²) in [6.07, 6.45) is 1.76. The number of hydrogen-bond donors (Lipinski definition) is 1. The maximum atomic E-state index is 12.7. The number of hydrogen-bond acceptors (Lipinski definition) is 3. The summed E-state index contributed by atoms with van der Waals surface area (Å²) < 4.78 is 0. The van der Waals surface area contributed by atoms with Crippen LogP contribution >= 0.6 is 0 Å². The van der Waals surface area contributed by atoms with Crippen LogP contribution in [0.4, 0.5) is 0 Å². The van der Waals surface area contributed by atoms with E-state index in [1.54, 1.807) is 24.8 Å². The van der Waals surface area contributed by atoms with Crippen LogP contribution in [-0.2, 0) is 0 Å². The summed E-state index contributed by atoms with van der Waals surface area (Å²) in [6.45, 7) is 4.20. The smallest absolute Gasteiger partial charge is 0.272 e. The monoisotopic (exact) mass is 284 g/mol. The van der Waals surface area contributed by atoms with Gasteiger partial charge in [-0.25, -0.2) is 4.98 Å². The number of para-hydroxylation sites is 1. The van der Waals surface area contributed by atoms with E-state index in [1.165, 1.54) is 0 Å². The number of fused-ring (bicyclic) bond motifs is 1. The van der Waals surface area contributed by atoms with Gasteiger partial charge in [-0.3, -0.25) is 4.79 Å². The van der Waals surface area contributed by atoms with Crippen molar-refractivity contribution in [1.82, 2.24) is 9.88 Å². The predicted molar refractivity (Wildman–Crippen MR) is 82.1 cm³/mol. The lowest BCUT2D eigenvalue weighted by Crippen LogP contribution is -2.48. The summed E-state index contributed by atoms with van der Waals surface area (Å²) in [4.78, 5) is 18.9. The molecule has 0 bridgehead atoms. The van der Waals surface area contributed by atoms with Crippen molar-refractivity contribution in [2.75, 3.05) is 6.54 Å². The molecule has 2 aromatic rings. The maximum Gasteiger partial charge on any atom is 0.272 e. The van der Waals surface area contributed by atoms with Crippen LogP contribution in [0.1, 0.15) is 37.2 Å². The van der Waals surface area contributed by atoms with Crippen LogP contribution in [0.3, 0.4) is 0 Å². The van der Waals surface area contributed by atoms with Gasteiger partial charge in [-0.15, -0.1) is 0 Å². The second-order valence-corrected chi connectivity index (χ2v) is 6.20. The minimum atomic E-state index is -0.886. The van der Waals surface area contributed by atoms with Gasteiger partial charge in [0.15, 0.2) is 0 Å². The van der Waals surface area contributed by atoms with Gasteiger partial charge in [0, 0.05) is 11.9 Å². The van der Waals surface area contributed by atoms with Gasteiger partial charge in [-0.1, -0.05) is 24.3 Å². The van der Waals surface area contributed by atoms with Crippen molar-refractivity contribution in [2.24, 2.45) is 0 Å². The van der Waals surface area contributed by atoms with Crippen molar-refractivity contribution in [1.29, 1.82) is 0 Å². The molecule has 2 heterocycles. The second-order valence-electron chi connectivity index (χ2n) is 6.20. The second kappa shape index (κ2) is 5.11. The largest absolute Gasteiger partial charge is 0.388 e. The molecule has 1 aliphatic rings. The number of aliphatic hydroxyl groups is 1. The van der Waals surface area contributed by atoms with Gasteiger partial charge in [-0.2, -0.15) is 0 Å². The fraction of sp³-hybridized carbons (Fsp3) is 0.412. The normalized spacial score (nSPS) is 19.2. The first-order valence-electron chi connectivity index (χ1n) is 7.36. The van der Waals surface area contributed by atoms with Gasteiger partial charge in [0.25, 0.3) is 5.91 Å². The van der Waals surface area contributed by atoms with Crippen LogP contribution in [0.15, 0.2) is 36.4 Å². The van der Waals surface area contributed by atoms with E-state index in [9.17, 15) is 9.90 Å². The van der Waals surface area contributed by atoms with E-state index in [0.29, 0.717) is 12.2 Å². The van der Waals surface area contributed by atoms with E-state index < -0.39 is 5.60 Å². The van der Waals surface area contributed by atoms with E-state index in [2.05, 4.69) is 4.98 Å². The third-order valence-corrected chi connectivity index (χ3v) is 4.15. The van der Waals surface area contributed by atoms with Crippen molar-refractivity contribution in [2.45, 2.75) is 38.3 Å². The molecule has 0 spiro atoms. The van der Waals surface area contributed by atoms with Crippen molar-refractivity contribution < 1.29 is 9.90 Å². The molecule has 21 heavy (non-hydrogen) atoms. The molecule has 0 saturated carbocycles. The molecule has 1 amide bonds. The highest BCUT2D eigenvalue weighted by Gasteiger charge is 2.39. The molecule has 1 aromatic carbocycles. The Bertz CT molecular complexity index is 676. The van der Waals surface area contributed by atoms with E-state index in [1.807, 2.05) is 30.3 Å². The number of benzene rings is 1. The Morgan fingerprint density at radius 1 is 1.29 bits per heavy atom. The van der Waals surface area contributed by atoms with Gasteiger partial charge in [0.2, 0.25) is 0 Å². The summed E-state index contributed by atoms with van der Waals surface area (Å²) >= 11 is 0. The molecular formula is C17H20N2O2. The third kappa shape index (κ3) is 2.63. The Morgan fingerprint density at radius 3 is 2.81 bits per heavy atom. The maximum absolute atomic E-state index is 12.7. The van der Waals surface area contributed by atoms with E-state index in [4.69, 9.17) is 0 Å². The highest BCUT2D eigenvalue weighted by Crippen LogP contribution is 2.28. The lowest BCUT2D eigenvalue weighted by molar-refractivity contribution is 0.000136. The molecular weight excluding hydrogens is 264 g/mol. The summed E-state index contributed by atoms with van der Waals surface area (Å²) in [5.41, 5.74) is 0.385. The van der Waals surface area contributed by atoms with Crippen LogP contribution in [0.5, 0.6) is 0 Å². The molecule has 4 nitrogen and oxygen atoms in total. The van der Waals surface area contributed by atoms with Crippen LogP contribution in [0, 0.1) is 0 Å². The molecule has 4 heteroatoms. The molecule has 1 fully saturated rings. The number of nitrogens with zero attached hydrogens (tertiary/aromatic N) is 2. The van der Waals surface area contributed by atoms with Crippen LogP contribution in [-0.4, -0.2) is 39.1 Å². The quantitative estimate of drug-likeness (QED) is 0.922. The van der Waals surface area contributed by atoms with Crippen molar-refractivity contribution in [3.05, 3.63) is 42.1 Å². The fourth-order valence-electron chi connectivity index (χ4n) is 3.08. The lowest BCUT2D eigenvalue weighted by Gasteiger charge is -2.33. The van der Waals surface area contributed by atoms with Crippen molar-refractivity contribution in [3.63, 3.8) is 0 Å². The van der Waals surface area contributed by atoms with Gasteiger partial charge in [-0.05, 0) is 38.8 Å². The van der Waals surface area contributed by atoms with Crippen molar-refractivity contribution in [3.8, 4) is 0 Å². The van der Waals surface area contributed by atoms with Crippen LogP contribution < -0.4 is 0 Å². The molecule has 1 N–H and O–H groups in total. The van der Waals surface area contributed by atoms with E-state index in [-0.39, 0.29) is 11.9 Å². The minimum Gasteiger partial charge on any atom is -0.388 e. The van der Waals surface area contributed by atoms with E-state index >= 15 is 0 Å². The zero-order chi connectivity index (χ0) is 15.0. The highest BCUT2D eigenvalue weighted by molar-refractivity contribution is 5.95. The predicted octanol–water partition coefficient (Wildman–Crippen LogP) is 2.61. The third-order valence-electron chi connectivity index (χ3n) is 4.15. The minimum absolute atomic E-state index is 0.0922. The first kappa shape index (κ1) is 14.0. The first-order valence-corrected chi connectivity index (χ1v) is 7.36. The standard InChI is InChI=1S/C17H20N2O2/c1-17(2,21)15-8-5-11-19(15)16(20)14-10-9-12-6-3-4-7-13(12)18-14/h3-4,6-7,9-10,15,21H,5,8,11H2,1-2H3. The van der Waals surface area contributed by atoms with Gasteiger partial charge < -0.3 is 10.0 Å². The van der Waals surface area contributed by atoms with Gasteiger partial charge >= 0.3 is 0 Å². The molecule has 1 unspecified atom stereocenters. The number of aromatic nitrogens is 1. The zero-order valence-electron chi connectivity index (χ0n) is 12.4. The molecule has 1 aliphatic heterocycles. The molecule has 3 rings (SSSR count). The summed E-state index contributed by atoms with van der Waals surface area (Å²) in [5.74, 6) is -0.0922. The molecule has 0 radical (unpaired) electrons. The summed E-state index contributed by atoms with van der Waals surface area (Å²) in [7, 11) is 0. The number of pyridine rings is 1. The summed E-state index contributed by atoms with van der Waals surface area (Å²) in [5, 5.41) is 11.3. The Labute approximate surface area is 124 Å². The lowest BCUT2D eigenvalue weighted by atomic mass is 9.96. The van der Waals surface area contributed by atoms with Gasteiger partial charge in [0.1, 0.15) is 5.69 Å². The SMILES string of the molecule is CC(C)(O)C1CCCN1C(=O)c1ccc2ccccc2n1. The Hall–Kier alpha value is -1.94. The zero-order valence-corrected chi connectivity index (χ0v) is 12.4. The molecule has 1 saturated heterocycles. The Balaban J connectivity index is 1.93. The van der Waals surface area contributed by atoms with Crippen LogP contribution in [0.25, 0.3) is 10.9 Å².